The summed E-state index contributed by atoms with van der Waals surface area (Å²) in [7, 11) is 0. The van der Waals surface area contributed by atoms with Gasteiger partial charge in [0.15, 0.2) is 0 Å². The molecule has 0 bridgehead atoms. The van der Waals surface area contributed by atoms with E-state index in [0.29, 0.717) is 0 Å². The molecule has 4 aromatic heterocycles. The summed E-state index contributed by atoms with van der Waals surface area (Å²) < 4.78 is 24.8. The lowest BCUT2D eigenvalue weighted by Crippen LogP contribution is -1.88. The quantitative estimate of drug-likeness (QED) is 0.218. The molecule has 188 valence electrons. The van der Waals surface area contributed by atoms with E-state index in [-0.39, 0.29) is 0 Å². The number of hydrogen-bond acceptors (Lipinski definition) is 4. The number of benzene rings is 5. The van der Waals surface area contributed by atoms with E-state index in [9.17, 15) is 0 Å². The van der Waals surface area contributed by atoms with Crippen molar-refractivity contribution in [2.45, 2.75) is 12.8 Å². The third-order valence-corrected chi connectivity index (χ3v) is 8.55. The summed E-state index contributed by atoms with van der Waals surface area (Å²) >= 11 is 0. The van der Waals surface area contributed by atoms with Gasteiger partial charge in [-0.05, 0) is 72.5 Å². The molecule has 0 radical (unpaired) electrons. The third-order valence-electron chi connectivity index (χ3n) is 8.55. The molecule has 1 aliphatic carbocycles. The predicted molar refractivity (Wildman–Crippen MR) is 161 cm³/mol. The van der Waals surface area contributed by atoms with Crippen molar-refractivity contribution in [3.8, 4) is 11.1 Å². The summed E-state index contributed by atoms with van der Waals surface area (Å²) in [5.74, 6) is 0.972. The fourth-order valence-electron chi connectivity index (χ4n) is 6.60. The molecular weight excluding hydrogens is 496 g/mol. The number of para-hydroxylation sites is 1. The van der Waals surface area contributed by atoms with Gasteiger partial charge in [0.1, 0.15) is 44.8 Å². The van der Waals surface area contributed by atoms with Crippen LogP contribution in [0.3, 0.4) is 0 Å². The molecule has 0 N–H and O–H groups in total. The van der Waals surface area contributed by atoms with Gasteiger partial charge in [-0.1, -0.05) is 36.4 Å². The van der Waals surface area contributed by atoms with E-state index in [1.165, 1.54) is 10.9 Å². The number of allylic oxidation sites excluding steroid dienone is 1. The molecule has 1 aliphatic rings. The molecule has 5 aromatic carbocycles. The number of hydrogen-bond donors (Lipinski definition) is 0. The van der Waals surface area contributed by atoms with E-state index in [4.69, 9.17) is 17.7 Å². The van der Waals surface area contributed by atoms with Crippen LogP contribution in [0.15, 0.2) is 109 Å². The van der Waals surface area contributed by atoms with Crippen LogP contribution in [0.5, 0.6) is 0 Å². The fraction of sp³-hybridized carbons (Fsp3) is 0.0556. The molecule has 40 heavy (non-hydrogen) atoms. The van der Waals surface area contributed by atoms with Gasteiger partial charge in [-0.25, -0.2) is 0 Å². The van der Waals surface area contributed by atoms with Gasteiger partial charge in [0.05, 0.1) is 0 Å². The van der Waals surface area contributed by atoms with Crippen molar-refractivity contribution in [3.63, 3.8) is 0 Å². The lowest BCUT2D eigenvalue weighted by Gasteiger charge is -2.03. The van der Waals surface area contributed by atoms with Crippen molar-refractivity contribution in [2.24, 2.45) is 0 Å². The summed E-state index contributed by atoms with van der Waals surface area (Å²) in [4.78, 5) is 0. The van der Waals surface area contributed by atoms with Gasteiger partial charge in [0.2, 0.25) is 0 Å². The summed E-state index contributed by atoms with van der Waals surface area (Å²) in [6.45, 7) is 0. The van der Waals surface area contributed by atoms with Crippen LogP contribution in [0.25, 0.3) is 94.0 Å². The van der Waals surface area contributed by atoms with Crippen LogP contribution in [0.2, 0.25) is 0 Å². The molecular formula is C36H20O4. The molecule has 4 nitrogen and oxygen atoms in total. The Morgan fingerprint density at radius 2 is 0.975 bits per heavy atom. The largest absolute Gasteiger partial charge is 0.456 e. The number of rotatable bonds is 1. The average molecular weight is 517 g/mol. The van der Waals surface area contributed by atoms with E-state index in [0.717, 1.165) is 101 Å². The lowest BCUT2D eigenvalue weighted by molar-refractivity contribution is 0.594. The highest BCUT2D eigenvalue weighted by molar-refractivity contribution is 6.16. The Kier molecular flexibility index (Phi) is 3.75. The summed E-state index contributed by atoms with van der Waals surface area (Å²) in [6, 6.07) is 29.5. The van der Waals surface area contributed by atoms with Crippen LogP contribution >= 0.6 is 0 Å². The fourth-order valence-corrected chi connectivity index (χ4v) is 6.60. The van der Waals surface area contributed by atoms with Crippen LogP contribution in [0, 0.1) is 0 Å². The Bertz CT molecular complexity index is 2540. The maximum absolute atomic E-state index is 6.27. The van der Waals surface area contributed by atoms with Crippen molar-refractivity contribution in [1.82, 2.24) is 0 Å². The molecule has 0 unspecified atom stereocenters. The summed E-state index contributed by atoms with van der Waals surface area (Å²) in [5.41, 5.74) is 9.61. The minimum absolute atomic E-state index is 0.831. The number of aryl methyl sites for hydroxylation is 1. The molecule has 10 rings (SSSR count). The molecule has 0 saturated heterocycles. The van der Waals surface area contributed by atoms with E-state index >= 15 is 0 Å². The number of fused-ring (bicyclic) bond motifs is 12. The first-order valence-electron chi connectivity index (χ1n) is 13.6. The zero-order chi connectivity index (χ0) is 25.9. The zero-order valence-corrected chi connectivity index (χ0v) is 21.3. The Morgan fingerprint density at radius 1 is 0.425 bits per heavy atom. The van der Waals surface area contributed by atoms with Crippen LogP contribution in [0.4, 0.5) is 0 Å². The van der Waals surface area contributed by atoms with Crippen molar-refractivity contribution in [2.75, 3.05) is 0 Å². The van der Waals surface area contributed by atoms with E-state index in [2.05, 4.69) is 66.7 Å². The number of furan rings is 4. The smallest absolute Gasteiger partial charge is 0.139 e. The van der Waals surface area contributed by atoms with Crippen molar-refractivity contribution in [1.29, 1.82) is 0 Å². The monoisotopic (exact) mass is 516 g/mol. The molecule has 0 fully saturated rings. The van der Waals surface area contributed by atoms with Crippen molar-refractivity contribution < 1.29 is 17.7 Å². The van der Waals surface area contributed by atoms with E-state index in [1.807, 2.05) is 30.3 Å². The van der Waals surface area contributed by atoms with Gasteiger partial charge in [0.25, 0.3) is 0 Å². The topological polar surface area (TPSA) is 52.6 Å². The van der Waals surface area contributed by atoms with Gasteiger partial charge in [-0.3, -0.25) is 0 Å². The second kappa shape index (κ2) is 7.25. The SMILES string of the molecule is C1=Cc2oc3cc4oc5ccc(-c6ccc7oc8cc9oc%10ccccc%10c9cc8c7c6)cc5c4cc3c2CC1. The average Bonchev–Trinajstić information content (AvgIpc) is 3.73. The molecule has 9 aromatic rings. The lowest BCUT2D eigenvalue weighted by atomic mass is 9.98. The normalized spacial score (nSPS) is 13.7. The van der Waals surface area contributed by atoms with E-state index in [1.54, 1.807) is 0 Å². The molecule has 4 heteroatoms. The van der Waals surface area contributed by atoms with Crippen LogP contribution < -0.4 is 0 Å². The van der Waals surface area contributed by atoms with Crippen LogP contribution in [0.1, 0.15) is 17.7 Å². The molecule has 0 spiro atoms. The minimum Gasteiger partial charge on any atom is -0.456 e. The maximum atomic E-state index is 6.27. The Balaban J connectivity index is 1.17. The van der Waals surface area contributed by atoms with Crippen molar-refractivity contribution in [3.05, 3.63) is 102 Å². The maximum Gasteiger partial charge on any atom is 0.139 e. The van der Waals surface area contributed by atoms with Gasteiger partial charge in [-0.2, -0.15) is 0 Å². The van der Waals surface area contributed by atoms with Crippen molar-refractivity contribution >= 4 is 82.9 Å². The molecule has 0 saturated carbocycles. The Labute approximate surface area is 226 Å². The van der Waals surface area contributed by atoms with Gasteiger partial charge >= 0.3 is 0 Å². The first-order valence-corrected chi connectivity index (χ1v) is 13.6. The second-order valence-corrected chi connectivity index (χ2v) is 10.8. The highest BCUT2D eigenvalue weighted by Crippen LogP contribution is 2.41. The summed E-state index contributed by atoms with van der Waals surface area (Å²) in [6.07, 6.45) is 6.32. The first kappa shape index (κ1) is 20.7. The Hall–Kier alpha value is -5.22. The van der Waals surface area contributed by atoms with Crippen LogP contribution in [-0.4, -0.2) is 0 Å². The van der Waals surface area contributed by atoms with Gasteiger partial charge in [0, 0.05) is 55.4 Å². The zero-order valence-electron chi connectivity index (χ0n) is 21.3. The first-order chi connectivity index (χ1) is 19.8. The Morgan fingerprint density at radius 3 is 1.68 bits per heavy atom. The molecule has 0 amide bonds. The highest BCUT2D eigenvalue weighted by Gasteiger charge is 2.19. The predicted octanol–water partition coefficient (Wildman–Crippen LogP) is 10.8. The van der Waals surface area contributed by atoms with Gasteiger partial charge < -0.3 is 17.7 Å². The van der Waals surface area contributed by atoms with Crippen LogP contribution in [-0.2, 0) is 6.42 Å². The highest BCUT2D eigenvalue weighted by atomic mass is 16.4. The third kappa shape index (κ3) is 2.70. The molecule has 4 heterocycles. The van der Waals surface area contributed by atoms with Gasteiger partial charge in [-0.15, -0.1) is 0 Å². The van der Waals surface area contributed by atoms with E-state index < -0.39 is 0 Å². The standard InChI is InChI=1S/C36H20O4/c1-3-7-29-21(5-1)25-15-27-23-13-19(9-11-31(23)39-35(27)17-33(25)37-29)20-10-12-32-24(14-20)28-16-26-22-6-2-4-8-30(22)38-34(26)18-36(28)40-32/h1,3-5,7-18H,2,6H2. The summed E-state index contributed by atoms with van der Waals surface area (Å²) in [5, 5.41) is 7.82. The molecule has 0 aliphatic heterocycles. The second-order valence-electron chi connectivity index (χ2n) is 10.8. The molecule has 0 atom stereocenters. The minimum atomic E-state index is 0.831.